The van der Waals surface area contributed by atoms with Crippen LogP contribution in [0, 0.1) is 0 Å². The van der Waals surface area contributed by atoms with Gasteiger partial charge in [-0.1, -0.05) is 6.92 Å². The summed E-state index contributed by atoms with van der Waals surface area (Å²) in [5, 5.41) is 8.35. The Kier molecular flexibility index (Phi) is 3.25. The Morgan fingerprint density at radius 3 is 2.94 bits per heavy atom. The molecule has 2 aromatic heterocycles. The van der Waals surface area contributed by atoms with Crippen molar-refractivity contribution >= 4 is 0 Å². The lowest BCUT2D eigenvalue weighted by Crippen LogP contribution is -2.11. The van der Waals surface area contributed by atoms with E-state index < -0.39 is 0 Å². The van der Waals surface area contributed by atoms with Gasteiger partial charge < -0.3 is 5.73 Å². The van der Waals surface area contributed by atoms with E-state index in [9.17, 15) is 0 Å². The fourth-order valence-electron chi connectivity index (χ4n) is 1.46. The largest absolute Gasteiger partial charge is 0.324 e. The molecule has 2 heterocycles. The summed E-state index contributed by atoms with van der Waals surface area (Å²) in [5.74, 6) is 1.52. The highest BCUT2D eigenvalue weighted by Gasteiger charge is 2.05. The molecule has 2 N–H and O–H groups in total. The standard InChI is InChI=1S/C9H15N7/c1-2-3-16-9(11-6-13-16)5-15-7-12-8(4-10)14-15/h6-7H,2-5,10H2,1H3. The Balaban J connectivity index is 2.10. The van der Waals surface area contributed by atoms with E-state index in [2.05, 4.69) is 27.1 Å². The van der Waals surface area contributed by atoms with Crippen molar-refractivity contribution in [3.05, 3.63) is 24.3 Å². The molecule has 0 saturated carbocycles. The van der Waals surface area contributed by atoms with Gasteiger partial charge in [0.2, 0.25) is 0 Å². The van der Waals surface area contributed by atoms with Gasteiger partial charge in [0.15, 0.2) is 5.82 Å². The molecule has 0 spiro atoms. The smallest absolute Gasteiger partial charge is 0.164 e. The molecule has 0 aliphatic carbocycles. The predicted octanol–water partition coefficient (Wildman–Crippen LogP) is -0.213. The number of nitrogens with zero attached hydrogens (tertiary/aromatic N) is 6. The molecular weight excluding hydrogens is 206 g/mol. The molecule has 0 bridgehead atoms. The summed E-state index contributed by atoms with van der Waals surface area (Å²) in [5.41, 5.74) is 5.44. The molecule has 2 rings (SSSR count). The molecule has 0 aromatic carbocycles. The van der Waals surface area contributed by atoms with E-state index in [1.807, 2.05) is 4.68 Å². The SMILES string of the molecule is CCCn1ncnc1Cn1cnc(CN)n1. The third-order valence-corrected chi connectivity index (χ3v) is 2.20. The fourth-order valence-corrected chi connectivity index (χ4v) is 1.46. The minimum absolute atomic E-state index is 0.356. The quantitative estimate of drug-likeness (QED) is 0.754. The van der Waals surface area contributed by atoms with E-state index in [1.54, 1.807) is 17.3 Å². The molecule has 0 saturated heterocycles. The van der Waals surface area contributed by atoms with Crippen LogP contribution in [0.15, 0.2) is 12.7 Å². The van der Waals surface area contributed by atoms with Crippen molar-refractivity contribution in [1.82, 2.24) is 29.5 Å². The first-order valence-corrected chi connectivity index (χ1v) is 5.28. The summed E-state index contributed by atoms with van der Waals surface area (Å²) in [6, 6.07) is 0. The van der Waals surface area contributed by atoms with Crippen LogP contribution in [0.1, 0.15) is 25.0 Å². The van der Waals surface area contributed by atoms with Crippen molar-refractivity contribution in [2.24, 2.45) is 5.73 Å². The zero-order valence-corrected chi connectivity index (χ0v) is 9.24. The van der Waals surface area contributed by atoms with Crippen LogP contribution < -0.4 is 5.73 Å². The Morgan fingerprint density at radius 1 is 1.38 bits per heavy atom. The molecule has 0 fully saturated rings. The van der Waals surface area contributed by atoms with Crippen LogP contribution in [0.2, 0.25) is 0 Å². The van der Waals surface area contributed by atoms with Gasteiger partial charge in [-0.05, 0) is 6.42 Å². The van der Waals surface area contributed by atoms with E-state index >= 15 is 0 Å². The Morgan fingerprint density at radius 2 is 2.25 bits per heavy atom. The molecular formula is C9H15N7. The molecule has 0 aliphatic heterocycles. The summed E-state index contributed by atoms with van der Waals surface area (Å²) >= 11 is 0. The van der Waals surface area contributed by atoms with Gasteiger partial charge in [-0.2, -0.15) is 10.2 Å². The second-order valence-corrected chi connectivity index (χ2v) is 3.46. The van der Waals surface area contributed by atoms with Gasteiger partial charge in [0.1, 0.15) is 25.0 Å². The zero-order chi connectivity index (χ0) is 11.4. The lowest BCUT2D eigenvalue weighted by atomic mass is 10.5. The van der Waals surface area contributed by atoms with Gasteiger partial charge in [0.25, 0.3) is 0 Å². The van der Waals surface area contributed by atoms with Gasteiger partial charge in [0, 0.05) is 6.54 Å². The van der Waals surface area contributed by atoms with Crippen molar-refractivity contribution in [2.45, 2.75) is 33.0 Å². The molecule has 7 heteroatoms. The monoisotopic (exact) mass is 221 g/mol. The van der Waals surface area contributed by atoms with E-state index in [0.29, 0.717) is 18.9 Å². The van der Waals surface area contributed by atoms with E-state index in [4.69, 9.17) is 5.73 Å². The predicted molar refractivity (Wildman–Crippen MR) is 57.3 cm³/mol. The van der Waals surface area contributed by atoms with Gasteiger partial charge in [0.05, 0.1) is 6.54 Å². The normalized spacial score (nSPS) is 10.9. The maximum absolute atomic E-state index is 5.44. The molecule has 2 aromatic rings. The summed E-state index contributed by atoms with van der Waals surface area (Å²) in [6.45, 7) is 3.91. The maximum atomic E-state index is 5.44. The van der Waals surface area contributed by atoms with E-state index in [-0.39, 0.29) is 0 Å². The van der Waals surface area contributed by atoms with Crippen LogP contribution in [0.3, 0.4) is 0 Å². The minimum Gasteiger partial charge on any atom is -0.324 e. The highest BCUT2D eigenvalue weighted by Crippen LogP contribution is 1.99. The second-order valence-electron chi connectivity index (χ2n) is 3.46. The second kappa shape index (κ2) is 4.84. The third kappa shape index (κ3) is 2.25. The van der Waals surface area contributed by atoms with Crippen molar-refractivity contribution in [2.75, 3.05) is 0 Å². The highest BCUT2D eigenvalue weighted by atomic mass is 15.4. The maximum Gasteiger partial charge on any atom is 0.164 e. The molecule has 16 heavy (non-hydrogen) atoms. The summed E-state index contributed by atoms with van der Waals surface area (Å²) in [7, 11) is 0. The van der Waals surface area contributed by atoms with Crippen molar-refractivity contribution in [3.8, 4) is 0 Å². The average Bonchev–Trinajstić information content (AvgIpc) is 2.90. The summed E-state index contributed by atoms with van der Waals surface area (Å²) in [6.07, 6.45) is 4.25. The van der Waals surface area contributed by atoms with Crippen LogP contribution in [-0.4, -0.2) is 29.5 Å². The number of nitrogens with two attached hydrogens (primary N) is 1. The van der Waals surface area contributed by atoms with Gasteiger partial charge in [-0.3, -0.25) is 0 Å². The van der Waals surface area contributed by atoms with Crippen LogP contribution in [-0.2, 0) is 19.6 Å². The minimum atomic E-state index is 0.356. The summed E-state index contributed by atoms with van der Waals surface area (Å²) < 4.78 is 3.60. The van der Waals surface area contributed by atoms with E-state index in [1.165, 1.54) is 0 Å². The van der Waals surface area contributed by atoms with Gasteiger partial charge in [-0.25, -0.2) is 19.3 Å². The topological polar surface area (TPSA) is 87.4 Å². The summed E-state index contributed by atoms with van der Waals surface area (Å²) in [4.78, 5) is 8.26. The first-order valence-electron chi connectivity index (χ1n) is 5.28. The number of aryl methyl sites for hydroxylation is 1. The Hall–Kier alpha value is -1.76. The number of hydrogen-bond acceptors (Lipinski definition) is 5. The number of aromatic nitrogens is 6. The Bertz CT molecular complexity index is 444. The molecule has 0 radical (unpaired) electrons. The average molecular weight is 221 g/mol. The lowest BCUT2D eigenvalue weighted by molar-refractivity contribution is 0.537. The van der Waals surface area contributed by atoms with Crippen LogP contribution in [0.25, 0.3) is 0 Å². The zero-order valence-electron chi connectivity index (χ0n) is 9.24. The molecule has 0 amide bonds. The van der Waals surface area contributed by atoms with Crippen LogP contribution in [0.4, 0.5) is 0 Å². The van der Waals surface area contributed by atoms with Crippen LogP contribution in [0.5, 0.6) is 0 Å². The third-order valence-electron chi connectivity index (χ3n) is 2.20. The molecule has 0 aliphatic rings. The lowest BCUT2D eigenvalue weighted by Gasteiger charge is -2.03. The molecule has 0 unspecified atom stereocenters. The first kappa shape index (κ1) is 10.7. The fraction of sp³-hybridized carbons (Fsp3) is 0.556. The van der Waals surface area contributed by atoms with E-state index in [0.717, 1.165) is 18.8 Å². The number of hydrogen-bond donors (Lipinski definition) is 1. The molecule has 86 valence electrons. The number of rotatable bonds is 5. The van der Waals surface area contributed by atoms with Gasteiger partial charge in [-0.15, -0.1) is 0 Å². The van der Waals surface area contributed by atoms with Crippen molar-refractivity contribution in [1.29, 1.82) is 0 Å². The highest BCUT2D eigenvalue weighted by molar-refractivity contribution is 4.87. The van der Waals surface area contributed by atoms with Gasteiger partial charge >= 0.3 is 0 Å². The van der Waals surface area contributed by atoms with Crippen LogP contribution >= 0.6 is 0 Å². The molecule has 0 atom stereocenters. The Labute approximate surface area is 93.3 Å². The van der Waals surface area contributed by atoms with Crippen molar-refractivity contribution in [3.63, 3.8) is 0 Å². The van der Waals surface area contributed by atoms with Crippen molar-refractivity contribution < 1.29 is 0 Å². The molecule has 7 nitrogen and oxygen atoms in total. The first-order chi connectivity index (χ1) is 7.83.